The molecule has 1 saturated heterocycles. The van der Waals surface area contributed by atoms with Gasteiger partial charge < -0.3 is 10.6 Å². The molecule has 1 amide bonds. The van der Waals surface area contributed by atoms with Gasteiger partial charge in [0.2, 0.25) is 5.91 Å². The molecule has 0 aromatic heterocycles. The molecule has 1 aliphatic heterocycles. The highest BCUT2D eigenvalue weighted by Crippen LogP contribution is 2.58. The summed E-state index contributed by atoms with van der Waals surface area (Å²) in [5, 5.41) is 7.26. The van der Waals surface area contributed by atoms with Gasteiger partial charge in [0.1, 0.15) is 0 Å². The summed E-state index contributed by atoms with van der Waals surface area (Å²) in [7, 11) is 0. The maximum Gasteiger partial charge on any atom is 0.228 e. The minimum absolute atomic E-state index is 0.181. The van der Waals surface area contributed by atoms with Gasteiger partial charge in [-0.05, 0) is 85.6 Å². The average molecular weight is 355 g/mol. The van der Waals surface area contributed by atoms with Gasteiger partial charge in [-0.2, -0.15) is 0 Å². The summed E-state index contributed by atoms with van der Waals surface area (Å²) in [6.45, 7) is 4.12. The average Bonchev–Trinajstić information content (AvgIpc) is 3.30. The van der Waals surface area contributed by atoms with Crippen LogP contribution >= 0.6 is 11.6 Å². The third kappa shape index (κ3) is 3.31. The Bertz CT molecular complexity index is 811. The number of carbonyl (C=O) groups is 1. The summed E-state index contributed by atoms with van der Waals surface area (Å²) >= 11 is 6.09. The summed E-state index contributed by atoms with van der Waals surface area (Å²) in [5.41, 5.74) is 4.45. The Balaban J connectivity index is 1.47. The van der Waals surface area contributed by atoms with E-state index in [1.165, 1.54) is 0 Å². The molecule has 2 aliphatic rings. The zero-order valence-electron chi connectivity index (χ0n) is 14.4. The molecule has 1 saturated carbocycles. The lowest BCUT2D eigenvalue weighted by Crippen LogP contribution is -2.31. The standard InChI is InChI=1S/C21H23ClN2O/c1-14-11-16(15-3-2-4-17(22)12-15)5-6-19(14)24-20(25)18-13-21(18)7-9-23-10-8-21/h2-6,11-12,18,23H,7-10,13H2,1H3,(H,24,25). The largest absolute Gasteiger partial charge is 0.326 e. The second-order valence-corrected chi connectivity index (χ2v) is 7.83. The van der Waals surface area contributed by atoms with Gasteiger partial charge in [-0.3, -0.25) is 4.79 Å². The zero-order chi connectivity index (χ0) is 17.4. The van der Waals surface area contributed by atoms with Crippen molar-refractivity contribution in [3.8, 4) is 11.1 Å². The number of benzene rings is 2. The van der Waals surface area contributed by atoms with Crippen molar-refractivity contribution in [1.29, 1.82) is 0 Å². The Morgan fingerprint density at radius 1 is 1.16 bits per heavy atom. The number of halogens is 1. The number of carbonyl (C=O) groups excluding carboxylic acids is 1. The number of hydrogen-bond donors (Lipinski definition) is 2. The van der Waals surface area contributed by atoms with Gasteiger partial charge in [0, 0.05) is 16.6 Å². The van der Waals surface area contributed by atoms with E-state index in [-0.39, 0.29) is 17.2 Å². The van der Waals surface area contributed by atoms with Crippen molar-refractivity contribution in [1.82, 2.24) is 5.32 Å². The smallest absolute Gasteiger partial charge is 0.228 e. The maximum atomic E-state index is 12.7. The minimum atomic E-state index is 0.181. The van der Waals surface area contributed by atoms with Crippen LogP contribution in [0.2, 0.25) is 5.02 Å². The first-order valence-electron chi connectivity index (χ1n) is 8.96. The number of anilines is 1. The molecule has 3 nitrogen and oxygen atoms in total. The van der Waals surface area contributed by atoms with E-state index in [1.807, 2.05) is 43.3 Å². The van der Waals surface area contributed by atoms with Gasteiger partial charge >= 0.3 is 0 Å². The van der Waals surface area contributed by atoms with Crippen LogP contribution in [0.5, 0.6) is 0 Å². The van der Waals surface area contributed by atoms with Gasteiger partial charge in [-0.15, -0.1) is 0 Å². The van der Waals surface area contributed by atoms with Crippen molar-refractivity contribution in [2.45, 2.75) is 26.2 Å². The van der Waals surface area contributed by atoms with Crippen LogP contribution in [0.1, 0.15) is 24.8 Å². The first-order valence-corrected chi connectivity index (χ1v) is 9.33. The topological polar surface area (TPSA) is 41.1 Å². The summed E-state index contributed by atoms with van der Waals surface area (Å²) in [6.07, 6.45) is 3.29. The molecule has 1 heterocycles. The Kier molecular flexibility index (Phi) is 4.30. The van der Waals surface area contributed by atoms with E-state index in [4.69, 9.17) is 11.6 Å². The van der Waals surface area contributed by atoms with Crippen LogP contribution in [0.4, 0.5) is 5.69 Å². The number of aryl methyl sites for hydroxylation is 1. The van der Waals surface area contributed by atoms with Crippen molar-refractivity contribution in [3.63, 3.8) is 0 Å². The van der Waals surface area contributed by atoms with Crippen molar-refractivity contribution >= 4 is 23.2 Å². The molecular formula is C21H23ClN2O. The van der Waals surface area contributed by atoms with Gasteiger partial charge in [-0.1, -0.05) is 29.8 Å². The van der Waals surface area contributed by atoms with Crippen LogP contribution in [0.3, 0.4) is 0 Å². The Morgan fingerprint density at radius 2 is 1.92 bits per heavy atom. The third-order valence-corrected chi connectivity index (χ3v) is 5.98. The molecule has 4 heteroatoms. The molecule has 0 radical (unpaired) electrons. The molecule has 25 heavy (non-hydrogen) atoms. The first kappa shape index (κ1) is 16.6. The molecule has 130 valence electrons. The van der Waals surface area contributed by atoms with Crippen LogP contribution in [0, 0.1) is 18.3 Å². The van der Waals surface area contributed by atoms with Gasteiger partial charge in [-0.25, -0.2) is 0 Å². The third-order valence-electron chi connectivity index (χ3n) is 5.75. The minimum Gasteiger partial charge on any atom is -0.326 e. The van der Waals surface area contributed by atoms with Crippen LogP contribution in [0.25, 0.3) is 11.1 Å². The lowest BCUT2D eigenvalue weighted by atomic mass is 9.91. The molecule has 1 spiro atoms. The zero-order valence-corrected chi connectivity index (χ0v) is 15.2. The monoisotopic (exact) mass is 354 g/mol. The molecule has 2 aromatic carbocycles. The second-order valence-electron chi connectivity index (χ2n) is 7.40. The van der Waals surface area contributed by atoms with E-state index in [0.717, 1.165) is 59.8 Å². The highest BCUT2D eigenvalue weighted by Gasteiger charge is 2.57. The SMILES string of the molecule is Cc1cc(-c2cccc(Cl)c2)ccc1NC(=O)C1CC12CCNCC2. The summed E-state index contributed by atoms with van der Waals surface area (Å²) < 4.78 is 0. The normalized spacial score (nSPS) is 21.1. The highest BCUT2D eigenvalue weighted by molar-refractivity contribution is 6.30. The fourth-order valence-corrected chi connectivity index (χ4v) is 4.26. The van der Waals surface area contributed by atoms with Crippen LogP contribution in [-0.4, -0.2) is 19.0 Å². The lowest BCUT2D eigenvalue weighted by molar-refractivity contribution is -0.118. The summed E-state index contributed by atoms with van der Waals surface area (Å²) in [5.74, 6) is 0.363. The lowest BCUT2D eigenvalue weighted by Gasteiger charge is -2.23. The molecule has 2 aromatic rings. The molecule has 1 unspecified atom stereocenters. The van der Waals surface area contributed by atoms with E-state index < -0.39 is 0 Å². The van der Waals surface area contributed by atoms with Crippen molar-refractivity contribution < 1.29 is 4.79 Å². The number of nitrogens with one attached hydrogen (secondary N) is 2. The fraction of sp³-hybridized carbons (Fsp3) is 0.381. The predicted octanol–water partition coefficient (Wildman–Crippen LogP) is 4.64. The highest BCUT2D eigenvalue weighted by atomic mass is 35.5. The van der Waals surface area contributed by atoms with Gasteiger partial charge in [0.25, 0.3) is 0 Å². The van der Waals surface area contributed by atoms with E-state index in [2.05, 4.69) is 16.7 Å². The van der Waals surface area contributed by atoms with Crippen molar-refractivity contribution in [3.05, 3.63) is 53.1 Å². The van der Waals surface area contributed by atoms with E-state index in [1.54, 1.807) is 0 Å². The Hall–Kier alpha value is -1.84. The Morgan fingerprint density at radius 3 is 2.64 bits per heavy atom. The van der Waals surface area contributed by atoms with Crippen molar-refractivity contribution in [2.24, 2.45) is 11.3 Å². The molecule has 4 rings (SSSR count). The predicted molar refractivity (Wildman–Crippen MR) is 103 cm³/mol. The second kappa shape index (κ2) is 6.47. The quantitative estimate of drug-likeness (QED) is 0.842. The van der Waals surface area contributed by atoms with E-state index in [0.29, 0.717) is 0 Å². The first-order chi connectivity index (χ1) is 12.1. The number of amides is 1. The Labute approximate surface area is 153 Å². The van der Waals surface area contributed by atoms with Crippen LogP contribution in [-0.2, 0) is 4.79 Å². The summed E-state index contributed by atoms with van der Waals surface area (Å²) in [4.78, 5) is 12.7. The maximum absolute atomic E-state index is 12.7. The van der Waals surface area contributed by atoms with Gasteiger partial charge in [0.15, 0.2) is 0 Å². The van der Waals surface area contributed by atoms with Crippen LogP contribution < -0.4 is 10.6 Å². The number of hydrogen-bond acceptors (Lipinski definition) is 2. The molecule has 1 aliphatic carbocycles. The molecule has 2 fully saturated rings. The summed E-state index contributed by atoms with van der Waals surface area (Å²) in [6, 6.07) is 14.0. The van der Waals surface area contributed by atoms with Crippen LogP contribution in [0.15, 0.2) is 42.5 Å². The molecule has 1 atom stereocenters. The molecular weight excluding hydrogens is 332 g/mol. The van der Waals surface area contributed by atoms with Crippen molar-refractivity contribution in [2.75, 3.05) is 18.4 Å². The fourth-order valence-electron chi connectivity index (χ4n) is 4.07. The number of rotatable bonds is 3. The molecule has 0 bridgehead atoms. The number of piperidine rings is 1. The van der Waals surface area contributed by atoms with E-state index in [9.17, 15) is 4.79 Å². The molecule has 2 N–H and O–H groups in total. The van der Waals surface area contributed by atoms with Gasteiger partial charge in [0.05, 0.1) is 0 Å². The van der Waals surface area contributed by atoms with E-state index >= 15 is 0 Å².